The van der Waals surface area contributed by atoms with Crippen molar-refractivity contribution in [2.45, 2.75) is 26.8 Å². The maximum Gasteiger partial charge on any atom is 0.121 e. The first-order valence-corrected chi connectivity index (χ1v) is 9.91. The largest absolute Gasteiger partial charge is 0.493 e. The summed E-state index contributed by atoms with van der Waals surface area (Å²) < 4.78 is 11.6. The number of anilines is 1. The van der Waals surface area contributed by atoms with Crippen molar-refractivity contribution in [2.24, 2.45) is 5.92 Å². The highest BCUT2D eigenvalue weighted by molar-refractivity contribution is 5.48. The van der Waals surface area contributed by atoms with Crippen LogP contribution in [0.1, 0.15) is 25.0 Å². The fourth-order valence-corrected chi connectivity index (χ4v) is 2.80. The van der Waals surface area contributed by atoms with E-state index in [1.807, 2.05) is 36.4 Å². The van der Waals surface area contributed by atoms with E-state index in [-0.39, 0.29) is 0 Å². The zero-order chi connectivity index (χ0) is 19.6. The standard InChI is InChI=1S/C25H29NO2/c1-20(2)19-28-24-13-11-22(12-14-24)18-26-23-9-6-10-25(17-23)27-16-15-21-7-4-3-5-8-21/h3-14,17,20,26H,15-16,18-19H2,1-2H3. The smallest absolute Gasteiger partial charge is 0.121 e. The van der Waals surface area contributed by atoms with Crippen molar-refractivity contribution in [3.05, 3.63) is 90.0 Å². The lowest BCUT2D eigenvalue weighted by Crippen LogP contribution is -2.05. The van der Waals surface area contributed by atoms with Crippen LogP contribution in [0.15, 0.2) is 78.9 Å². The van der Waals surface area contributed by atoms with Crippen molar-refractivity contribution < 1.29 is 9.47 Å². The van der Waals surface area contributed by atoms with Gasteiger partial charge in [0.05, 0.1) is 13.2 Å². The summed E-state index contributed by atoms with van der Waals surface area (Å²) in [5, 5.41) is 3.46. The summed E-state index contributed by atoms with van der Waals surface area (Å²) >= 11 is 0. The minimum absolute atomic E-state index is 0.531. The summed E-state index contributed by atoms with van der Waals surface area (Å²) in [6.07, 6.45) is 0.906. The van der Waals surface area contributed by atoms with Gasteiger partial charge in [0.1, 0.15) is 11.5 Å². The van der Waals surface area contributed by atoms with E-state index >= 15 is 0 Å². The van der Waals surface area contributed by atoms with Crippen molar-refractivity contribution in [3.8, 4) is 11.5 Å². The number of rotatable bonds is 10. The third-order valence-electron chi connectivity index (χ3n) is 4.34. The summed E-state index contributed by atoms with van der Waals surface area (Å²) in [4.78, 5) is 0. The van der Waals surface area contributed by atoms with Crippen LogP contribution in [0.5, 0.6) is 11.5 Å². The van der Waals surface area contributed by atoms with Crippen molar-refractivity contribution >= 4 is 5.69 Å². The molecule has 0 bridgehead atoms. The first-order valence-electron chi connectivity index (χ1n) is 9.91. The van der Waals surface area contributed by atoms with E-state index in [0.29, 0.717) is 12.5 Å². The molecule has 3 aromatic rings. The third-order valence-corrected chi connectivity index (χ3v) is 4.34. The zero-order valence-electron chi connectivity index (χ0n) is 16.7. The van der Waals surface area contributed by atoms with Crippen LogP contribution in [-0.4, -0.2) is 13.2 Å². The van der Waals surface area contributed by atoms with Gasteiger partial charge in [-0.25, -0.2) is 0 Å². The van der Waals surface area contributed by atoms with Crippen LogP contribution < -0.4 is 14.8 Å². The fraction of sp³-hybridized carbons (Fsp3) is 0.280. The summed E-state index contributed by atoms with van der Waals surface area (Å²) in [5.74, 6) is 2.34. The Morgan fingerprint density at radius 3 is 2.29 bits per heavy atom. The molecule has 0 spiro atoms. The van der Waals surface area contributed by atoms with Gasteiger partial charge in [0.15, 0.2) is 0 Å². The van der Waals surface area contributed by atoms with Gasteiger partial charge in [0.2, 0.25) is 0 Å². The molecule has 0 aliphatic rings. The van der Waals surface area contributed by atoms with Crippen LogP contribution in [-0.2, 0) is 13.0 Å². The van der Waals surface area contributed by atoms with Crippen LogP contribution in [0.3, 0.4) is 0 Å². The molecule has 3 aromatic carbocycles. The van der Waals surface area contributed by atoms with Gasteiger partial charge in [-0.3, -0.25) is 0 Å². The van der Waals surface area contributed by atoms with Gasteiger partial charge in [-0.15, -0.1) is 0 Å². The molecule has 0 radical (unpaired) electrons. The van der Waals surface area contributed by atoms with Gasteiger partial charge >= 0.3 is 0 Å². The van der Waals surface area contributed by atoms with E-state index in [4.69, 9.17) is 9.47 Å². The second-order valence-electron chi connectivity index (χ2n) is 7.31. The molecular formula is C25H29NO2. The summed E-state index contributed by atoms with van der Waals surface area (Å²) in [6.45, 7) is 6.48. The SMILES string of the molecule is CC(C)COc1ccc(CNc2cccc(OCCc3ccccc3)c2)cc1. The number of hydrogen-bond donors (Lipinski definition) is 1. The molecule has 0 saturated heterocycles. The lowest BCUT2D eigenvalue weighted by atomic mass is 10.2. The van der Waals surface area contributed by atoms with Gasteiger partial charge in [-0.05, 0) is 41.3 Å². The molecule has 0 aliphatic carbocycles. The predicted molar refractivity (Wildman–Crippen MR) is 116 cm³/mol. The van der Waals surface area contributed by atoms with E-state index < -0.39 is 0 Å². The fourth-order valence-electron chi connectivity index (χ4n) is 2.80. The second kappa shape index (κ2) is 10.4. The van der Waals surface area contributed by atoms with Gasteiger partial charge in [0, 0.05) is 24.7 Å². The predicted octanol–water partition coefficient (Wildman–Crippen LogP) is 5.96. The third kappa shape index (κ3) is 6.66. The van der Waals surface area contributed by atoms with Crippen molar-refractivity contribution in [1.82, 2.24) is 0 Å². The Bertz CT molecular complexity index is 829. The van der Waals surface area contributed by atoms with Crippen LogP contribution in [0.4, 0.5) is 5.69 Å². The van der Waals surface area contributed by atoms with Gasteiger partial charge < -0.3 is 14.8 Å². The first-order chi connectivity index (χ1) is 13.7. The van der Waals surface area contributed by atoms with Gasteiger partial charge in [0.25, 0.3) is 0 Å². The normalized spacial score (nSPS) is 10.7. The highest BCUT2D eigenvalue weighted by atomic mass is 16.5. The van der Waals surface area contributed by atoms with Crippen LogP contribution in [0.25, 0.3) is 0 Å². The molecule has 3 nitrogen and oxygen atoms in total. The number of hydrogen-bond acceptors (Lipinski definition) is 3. The highest BCUT2D eigenvalue weighted by Gasteiger charge is 2.01. The van der Waals surface area contributed by atoms with E-state index in [0.717, 1.165) is 36.8 Å². The molecule has 0 aromatic heterocycles. The van der Waals surface area contributed by atoms with Gasteiger partial charge in [-0.1, -0.05) is 62.4 Å². The lowest BCUT2D eigenvalue weighted by molar-refractivity contribution is 0.271. The van der Waals surface area contributed by atoms with Crippen molar-refractivity contribution in [3.63, 3.8) is 0 Å². The maximum absolute atomic E-state index is 5.91. The van der Waals surface area contributed by atoms with Crippen LogP contribution in [0.2, 0.25) is 0 Å². The quantitative estimate of drug-likeness (QED) is 0.474. The Balaban J connectivity index is 1.46. The molecule has 0 heterocycles. The van der Waals surface area contributed by atoms with Gasteiger partial charge in [-0.2, -0.15) is 0 Å². The lowest BCUT2D eigenvalue weighted by Gasteiger charge is -2.11. The average Bonchev–Trinajstić information content (AvgIpc) is 2.72. The van der Waals surface area contributed by atoms with Crippen LogP contribution in [0, 0.1) is 5.92 Å². The maximum atomic E-state index is 5.91. The molecule has 3 heteroatoms. The molecule has 0 saturated carbocycles. The summed E-state index contributed by atoms with van der Waals surface area (Å²) in [6, 6.07) is 26.8. The molecule has 0 aliphatic heterocycles. The molecule has 0 unspecified atom stereocenters. The Morgan fingerprint density at radius 2 is 1.54 bits per heavy atom. The molecule has 0 atom stereocenters. The van der Waals surface area contributed by atoms with E-state index in [1.165, 1.54) is 11.1 Å². The average molecular weight is 376 g/mol. The molecule has 0 amide bonds. The molecule has 1 N–H and O–H groups in total. The minimum Gasteiger partial charge on any atom is -0.493 e. The Kier molecular flexibility index (Phi) is 7.36. The summed E-state index contributed by atoms with van der Waals surface area (Å²) in [7, 11) is 0. The number of ether oxygens (including phenoxy) is 2. The summed E-state index contributed by atoms with van der Waals surface area (Å²) in [5.41, 5.74) is 3.56. The minimum atomic E-state index is 0.531. The Labute approximate surface area is 168 Å². The Morgan fingerprint density at radius 1 is 0.750 bits per heavy atom. The zero-order valence-corrected chi connectivity index (χ0v) is 16.7. The monoisotopic (exact) mass is 375 g/mol. The topological polar surface area (TPSA) is 30.5 Å². The van der Waals surface area contributed by atoms with Crippen LogP contribution >= 0.6 is 0 Å². The number of nitrogens with one attached hydrogen (secondary N) is 1. The molecule has 3 rings (SSSR count). The highest BCUT2D eigenvalue weighted by Crippen LogP contribution is 2.19. The van der Waals surface area contributed by atoms with E-state index in [9.17, 15) is 0 Å². The first kappa shape index (κ1) is 19.8. The molecule has 28 heavy (non-hydrogen) atoms. The molecular weight excluding hydrogens is 346 g/mol. The van der Waals surface area contributed by atoms with Crippen molar-refractivity contribution in [2.75, 3.05) is 18.5 Å². The molecule has 146 valence electrons. The van der Waals surface area contributed by atoms with E-state index in [1.54, 1.807) is 0 Å². The van der Waals surface area contributed by atoms with E-state index in [2.05, 4.69) is 61.6 Å². The Hall–Kier alpha value is -2.94. The second-order valence-corrected chi connectivity index (χ2v) is 7.31. The van der Waals surface area contributed by atoms with Crippen molar-refractivity contribution in [1.29, 1.82) is 0 Å². The number of benzene rings is 3. The molecule has 0 fully saturated rings.